The van der Waals surface area contributed by atoms with Crippen molar-refractivity contribution in [3.8, 4) is 5.75 Å². The number of hydrogen-bond donors (Lipinski definition) is 1. The highest BCUT2D eigenvalue weighted by molar-refractivity contribution is 5.31. The van der Waals surface area contributed by atoms with Gasteiger partial charge in [0.15, 0.2) is 5.75 Å². The number of hydrogen-bond acceptors (Lipinski definition) is 3. The summed E-state index contributed by atoms with van der Waals surface area (Å²) in [5.41, 5.74) is 3.34. The first-order valence-electron chi connectivity index (χ1n) is 8.74. The topological polar surface area (TPSA) is 51.5 Å². The van der Waals surface area contributed by atoms with Gasteiger partial charge in [-0.1, -0.05) is 60.7 Å². The molecular formula is C22H23NO3. The van der Waals surface area contributed by atoms with E-state index in [-0.39, 0.29) is 17.8 Å². The average molecular weight is 349 g/mol. The van der Waals surface area contributed by atoms with E-state index in [0.717, 1.165) is 17.7 Å². The van der Waals surface area contributed by atoms with Crippen LogP contribution in [0.4, 0.5) is 0 Å². The fourth-order valence-corrected chi connectivity index (χ4v) is 3.05. The average Bonchev–Trinajstić information content (AvgIpc) is 2.67. The summed E-state index contributed by atoms with van der Waals surface area (Å²) in [5.74, 6) is 0.231. The Bertz CT molecular complexity index is 902. The van der Waals surface area contributed by atoms with Crippen LogP contribution in [0.5, 0.6) is 5.75 Å². The number of pyridine rings is 1. The highest BCUT2D eigenvalue weighted by Crippen LogP contribution is 2.18. The van der Waals surface area contributed by atoms with Crippen molar-refractivity contribution in [1.82, 2.24) is 4.57 Å². The molecule has 0 saturated heterocycles. The zero-order valence-electron chi connectivity index (χ0n) is 14.9. The number of aryl methyl sites for hydroxylation is 2. The van der Waals surface area contributed by atoms with Gasteiger partial charge in [-0.2, -0.15) is 0 Å². The third kappa shape index (κ3) is 4.21. The van der Waals surface area contributed by atoms with Gasteiger partial charge in [-0.25, -0.2) is 0 Å². The number of benzene rings is 2. The highest BCUT2D eigenvalue weighted by atomic mass is 16.5. The molecule has 3 aromatic rings. The molecule has 3 rings (SSSR count). The van der Waals surface area contributed by atoms with Crippen molar-refractivity contribution in [2.45, 2.75) is 33.1 Å². The number of rotatable bonds is 7. The number of aliphatic hydroxyl groups excluding tert-OH is 1. The van der Waals surface area contributed by atoms with Gasteiger partial charge in [-0.05, 0) is 24.5 Å². The van der Waals surface area contributed by atoms with Crippen LogP contribution >= 0.6 is 0 Å². The Kier molecular flexibility index (Phi) is 5.87. The van der Waals surface area contributed by atoms with E-state index in [2.05, 4.69) is 12.1 Å². The van der Waals surface area contributed by atoms with E-state index in [4.69, 9.17) is 4.74 Å². The van der Waals surface area contributed by atoms with E-state index in [9.17, 15) is 9.90 Å². The second-order valence-corrected chi connectivity index (χ2v) is 6.25. The second kappa shape index (κ2) is 8.50. The second-order valence-electron chi connectivity index (χ2n) is 6.25. The van der Waals surface area contributed by atoms with Crippen molar-refractivity contribution >= 4 is 0 Å². The van der Waals surface area contributed by atoms with Crippen LogP contribution in [0, 0.1) is 6.92 Å². The molecule has 0 spiro atoms. The van der Waals surface area contributed by atoms with Gasteiger partial charge in [0.1, 0.15) is 6.61 Å². The lowest BCUT2D eigenvalue weighted by Gasteiger charge is -2.19. The summed E-state index contributed by atoms with van der Waals surface area (Å²) in [4.78, 5) is 12.4. The Balaban J connectivity index is 1.85. The molecule has 1 aromatic heterocycles. The van der Waals surface area contributed by atoms with Crippen molar-refractivity contribution in [1.29, 1.82) is 0 Å². The van der Waals surface area contributed by atoms with E-state index in [1.165, 1.54) is 5.56 Å². The standard InChI is InChI=1S/C22H23NO3/c1-17-14-21(25)22(26-16-19-10-6-3-7-11-19)20(15-24)23(17)13-12-18-8-4-2-5-9-18/h2-11,14,24H,12-13,15-16H2,1H3. The van der Waals surface area contributed by atoms with Gasteiger partial charge in [-0.15, -0.1) is 0 Å². The molecule has 0 aliphatic rings. The van der Waals surface area contributed by atoms with Crippen LogP contribution in [0.2, 0.25) is 0 Å². The predicted octanol–water partition coefficient (Wildman–Crippen LogP) is 3.47. The van der Waals surface area contributed by atoms with E-state index < -0.39 is 0 Å². The predicted molar refractivity (Wildman–Crippen MR) is 102 cm³/mol. The first-order valence-corrected chi connectivity index (χ1v) is 8.74. The summed E-state index contributed by atoms with van der Waals surface area (Å²) < 4.78 is 7.77. The van der Waals surface area contributed by atoms with Gasteiger partial charge in [0.05, 0.1) is 12.3 Å². The quantitative estimate of drug-likeness (QED) is 0.711. The van der Waals surface area contributed by atoms with Crippen LogP contribution in [0.1, 0.15) is 22.5 Å². The number of ether oxygens (including phenoxy) is 1. The Morgan fingerprint density at radius 1 is 0.962 bits per heavy atom. The molecule has 1 heterocycles. The summed E-state index contributed by atoms with van der Waals surface area (Å²) in [6, 6.07) is 21.4. The first kappa shape index (κ1) is 18.0. The monoisotopic (exact) mass is 349 g/mol. The third-order valence-electron chi connectivity index (χ3n) is 4.42. The maximum absolute atomic E-state index is 12.4. The van der Waals surface area contributed by atoms with Crippen molar-refractivity contribution in [3.63, 3.8) is 0 Å². The van der Waals surface area contributed by atoms with Crippen LogP contribution in [-0.4, -0.2) is 9.67 Å². The molecule has 0 atom stereocenters. The lowest BCUT2D eigenvalue weighted by molar-refractivity contribution is 0.243. The molecule has 4 heteroatoms. The van der Waals surface area contributed by atoms with Crippen LogP contribution < -0.4 is 10.2 Å². The Hall–Kier alpha value is -2.85. The Morgan fingerprint density at radius 2 is 1.58 bits per heavy atom. The summed E-state index contributed by atoms with van der Waals surface area (Å²) in [6.45, 7) is 2.61. The minimum absolute atomic E-state index is 0.196. The Morgan fingerprint density at radius 3 is 2.19 bits per heavy atom. The highest BCUT2D eigenvalue weighted by Gasteiger charge is 2.15. The van der Waals surface area contributed by atoms with Crippen molar-refractivity contribution < 1.29 is 9.84 Å². The van der Waals surface area contributed by atoms with E-state index in [0.29, 0.717) is 18.8 Å². The lowest BCUT2D eigenvalue weighted by atomic mass is 10.1. The SMILES string of the molecule is Cc1cc(=O)c(OCc2ccccc2)c(CO)n1CCc1ccccc1. The molecule has 1 N–H and O–H groups in total. The molecule has 0 radical (unpaired) electrons. The summed E-state index contributed by atoms with van der Waals surface area (Å²) in [7, 11) is 0. The molecular weight excluding hydrogens is 326 g/mol. The van der Waals surface area contributed by atoms with Gasteiger partial charge < -0.3 is 14.4 Å². The van der Waals surface area contributed by atoms with E-state index >= 15 is 0 Å². The number of aliphatic hydroxyl groups is 1. The fourth-order valence-electron chi connectivity index (χ4n) is 3.05. The molecule has 0 saturated carbocycles. The molecule has 2 aromatic carbocycles. The lowest BCUT2D eigenvalue weighted by Crippen LogP contribution is -2.20. The Labute approximate surface area is 153 Å². The van der Waals surface area contributed by atoms with Gasteiger partial charge in [0.25, 0.3) is 0 Å². The zero-order valence-corrected chi connectivity index (χ0v) is 14.9. The first-order chi connectivity index (χ1) is 12.7. The van der Waals surface area contributed by atoms with Crippen LogP contribution in [0.3, 0.4) is 0 Å². The number of aromatic nitrogens is 1. The van der Waals surface area contributed by atoms with E-state index in [1.807, 2.05) is 60.0 Å². The molecule has 0 aliphatic carbocycles. The maximum atomic E-state index is 12.4. The molecule has 0 aliphatic heterocycles. The zero-order chi connectivity index (χ0) is 18.4. The number of nitrogens with zero attached hydrogens (tertiary/aromatic N) is 1. The maximum Gasteiger partial charge on any atom is 0.224 e. The molecule has 0 fully saturated rings. The van der Waals surface area contributed by atoms with Gasteiger partial charge in [0.2, 0.25) is 5.43 Å². The summed E-state index contributed by atoms with van der Waals surface area (Å²) in [6.07, 6.45) is 0.815. The van der Waals surface area contributed by atoms with Crippen LogP contribution in [-0.2, 0) is 26.2 Å². The molecule has 0 bridgehead atoms. The molecule has 0 amide bonds. The molecule has 4 nitrogen and oxygen atoms in total. The molecule has 26 heavy (non-hydrogen) atoms. The van der Waals surface area contributed by atoms with Gasteiger partial charge in [0, 0.05) is 18.3 Å². The van der Waals surface area contributed by atoms with Crippen molar-refractivity contribution in [3.05, 3.63) is 99.5 Å². The van der Waals surface area contributed by atoms with Crippen LogP contribution in [0.15, 0.2) is 71.5 Å². The van der Waals surface area contributed by atoms with Gasteiger partial charge in [-0.3, -0.25) is 4.79 Å². The molecule has 0 unspecified atom stereocenters. The summed E-state index contributed by atoms with van der Waals surface area (Å²) >= 11 is 0. The summed E-state index contributed by atoms with van der Waals surface area (Å²) in [5, 5.41) is 9.90. The minimum atomic E-state index is -0.240. The van der Waals surface area contributed by atoms with E-state index in [1.54, 1.807) is 6.07 Å². The normalized spacial score (nSPS) is 10.7. The van der Waals surface area contributed by atoms with Gasteiger partial charge >= 0.3 is 0 Å². The fraction of sp³-hybridized carbons (Fsp3) is 0.227. The largest absolute Gasteiger partial charge is 0.483 e. The smallest absolute Gasteiger partial charge is 0.224 e. The van der Waals surface area contributed by atoms with Crippen molar-refractivity contribution in [2.24, 2.45) is 0 Å². The molecule has 134 valence electrons. The van der Waals surface area contributed by atoms with Crippen molar-refractivity contribution in [2.75, 3.05) is 0 Å². The van der Waals surface area contributed by atoms with Crippen LogP contribution in [0.25, 0.3) is 0 Å². The third-order valence-corrected chi connectivity index (χ3v) is 4.42. The minimum Gasteiger partial charge on any atom is -0.483 e.